The Labute approximate surface area is 155 Å². The number of benzene rings is 2. The van der Waals surface area contributed by atoms with Crippen LogP contribution in [0.2, 0.25) is 0 Å². The molecule has 1 aromatic heterocycles. The van der Waals surface area contributed by atoms with Gasteiger partial charge in [-0.05, 0) is 29.8 Å². The first-order valence-electron chi connectivity index (χ1n) is 8.76. The molecule has 0 bridgehead atoms. The molecule has 6 heteroatoms. The van der Waals surface area contributed by atoms with Gasteiger partial charge in [0.2, 0.25) is 5.91 Å². The van der Waals surface area contributed by atoms with Gasteiger partial charge >= 0.3 is 0 Å². The first-order chi connectivity index (χ1) is 12.7. The predicted octanol–water partition coefficient (Wildman–Crippen LogP) is 3.32. The Bertz CT molecular complexity index is 868. The van der Waals surface area contributed by atoms with Gasteiger partial charge in [-0.2, -0.15) is 0 Å². The predicted molar refractivity (Wildman–Crippen MR) is 102 cm³/mol. The van der Waals surface area contributed by atoms with Crippen LogP contribution in [0.1, 0.15) is 10.6 Å². The van der Waals surface area contributed by atoms with Gasteiger partial charge in [-0.25, -0.2) is 9.37 Å². The molecule has 1 amide bonds. The average molecular weight is 369 g/mol. The van der Waals surface area contributed by atoms with E-state index in [1.165, 1.54) is 16.8 Å². The molecule has 1 fully saturated rings. The Morgan fingerprint density at radius 3 is 2.50 bits per heavy atom. The summed E-state index contributed by atoms with van der Waals surface area (Å²) in [4.78, 5) is 21.4. The molecule has 0 saturated carbocycles. The van der Waals surface area contributed by atoms with Crippen molar-refractivity contribution < 1.29 is 9.18 Å². The molecule has 0 aliphatic carbocycles. The first-order valence-corrected chi connectivity index (χ1v) is 9.58. The van der Waals surface area contributed by atoms with Crippen LogP contribution in [0.15, 0.2) is 48.5 Å². The van der Waals surface area contributed by atoms with E-state index in [9.17, 15) is 9.18 Å². The van der Waals surface area contributed by atoms with E-state index in [0.29, 0.717) is 6.42 Å². The fourth-order valence-electron chi connectivity index (χ4n) is 3.22. The van der Waals surface area contributed by atoms with Crippen LogP contribution < -0.4 is 0 Å². The minimum atomic E-state index is -0.273. The smallest absolute Gasteiger partial charge is 0.227 e. The Morgan fingerprint density at radius 1 is 1.04 bits per heavy atom. The molecule has 0 unspecified atom stereocenters. The normalized spacial score (nSPS) is 15.5. The minimum absolute atomic E-state index is 0.108. The van der Waals surface area contributed by atoms with E-state index in [-0.39, 0.29) is 11.7 Å². The average Bonchev–Trinajstić information content (AvgIpc) is 3.06. The third-order valence-corrected chi connectivity index (χ3v) is 5.71. The highest BCUT2D eigenvalue weighted by Gasteiger charge is 2.22. The van der Waals surface area contributed by atoms with Crippen LogP contribution in [-0.2, 0) is 17.8 Å². The van der Waals surface area contributed by atoms with Gasteiger partial charge in [-0.15, -0.1) is 11.3 Å². The maximum Gasteiger partial charge on any atom is 0.227 e. The number of para-hydroxylation sites is 1. The van der Waals surface area contributed by atoms with Crippen LogP contribution in [-0.4, -0.2) is 46.9 Å². The van der Waals surface area contributed by atoms with Crippen molar-refractivity contribution in [2.45, 2.75) is 13.0 Å². The number of aromatic nitrogens is 1. The number of hydrogen-bond donors (Lipinski definition) is 0. The third-order valence-electron chi connectivity index (χ3n) is 4.69. The third kappa shape index (κ3) is 3.92. The number of nitrogens with zero attached hydrogens (tertiary/aromatic N) is 3. The van der Waals surface area contributed by atoms with E-state index < -0.39 is 0 Å². The molecule has 134 valence electrons. The summed E-state index contributed by atoms with van der Waals surface area (Å²) in [5, 5.41) is 1.12. The molecule has 0 spiro atoms. The molecule has 2 aromatic carbocycles. The molecule has 1 aliphatic heterocycles. The van der Waals surface area contributed by atoms with Crippen LogP contribution in [0.3, 0.4) is 0 Å². The van der Waals surface area contributed by atoms with Crippen LogP contribution in [0, 0.1) is 5.82 Å². The number of hydrogen-bond acceptors (Lipinski definition) is 4. The van der Waals surface area contributed by atoms with Crippen LogP contribution in [0.25, 0.3) is 10.2 Å². The van der Waals surface area contributed by atoms with Crippen molar-refractivity contribution in [2.75, 3.05) is 26.2 Å². The number of rotatable bonds is 4. The molecular formula is C20H20FN3OS. The lowest BCUT2D eigenvalue weighted by atomic mass is 10.1. The highest BCUT2D eigenvalue weighted by Crippen LogP contribution is 2.23. The fourth-order valence-corrected chi connectivity index (χ4v) is 4.23. The summed E-state index contributed by atoms with van der Waals surface area (Å²) in [6.45, 7) is 3.99. The van der Waals surface area contributed by atoms with Crippen molar-refractivity contribution in [2.24, 2.45) is 0 Å². The topological polar surface area (TPSA) is 36.4 Å². The Kier molecular flexibility index (Phi) is 4.95. The number of thiazole rings is 1. The molecular weight excluding hydrogens is 349 g/mol. The van der Waals surface area contributed by atoms with Crippen LogP contribution in [0.4, 0.5) is 4.39 Å². The SMILES string of the molecule is O=C(Cc1ccc(F)cc1)N1CCN(Cc2nc3ccccc3s2)CC1. The van der Waals surface area contributed by atoms with Gasteiger partial charge < -0.3 is 4.90 Å². The van der Waals surface area contributed by atoms with Gasteiger partial charge in [0.1, 0.15) is 10.8 Å². The van der Waals surface area contributed by atoms with Gasteiger partial charge in [0, 0.05) is 26.2 Å². The van der Waals surface area contributed by atoms with E-state index in [1.54, 1.807) is 23.5 Å². The van der Waals surface area contributed by atoms with E-state index >= 15 is 0 Å². The maximum atomic E-state index is 13.0. The second-order valence-electron chi connectivity index (χ2n) is 6.54. The van der Waals surface area contributed by atoms with E-state index in [0.717, 1.165) is 48.8 Å². The molecule has 4 nitrogen and oxygen atoms in total. The summed E-state index contributed by atoms with van der Waals surface area (Å²) in [5.41, 5.74) is 1.91. The van der Waals surface area contributed by atoms with E-state index in [1.807, 2.05) is 23.1 Å². The number of amides is 1. The number of carbonyl (C=O) groups excluding carboxylic acids is 1. The first kappa shape index (κ1) is 17.1. The molecule has 1 aliphatic rings. The standard InChI is InChI=1S/C20H20FN3OS/c21-16-7-5-15(6-8-16)13-20(25)24-11-9-23(10-12-24)14-19-22-17-3-1-2-4-18(17)26-19/h1-8H,9-14H2. The van der Waals surface area contributed by atoms with E-state index in [4.69, 9.17) is 0 Å². The highest BCUT2D eigenvalue weighted by molar-refractivity contribution is 7.18. The van der Waals surface area contributed by atoms with Gasteiger partial charge in [0.25, 0.3) is 0 Å². The molecule has 2 heterocycles. The number of halogens is 1. The summed E-state index contributed by atoms with van der Waals surface area (Å²) in [5.74, 6) is -0.166. The molecule has 4 rings (SSSR count). The van der Waals surface area contributed by atoms with Crippen molar-refractivity contribution >= 4 is 27.5 Å². The summed E-state index contributed by atoms with van der Waals surface area (Å²) in [6.07, 6.45) is 0.331. The van der Waals surface area contributed by atoms with Gasteiger partial charge in [-0.1, -0.05) is 24.3 Å². The number of carbonyl (C=O) groups is 1. The van der Waals surface area contributed by atoms with Crippen molar-refractivity contribution in [1.82, 2.24) is 14.8 Å². The van der Waals surface area contributed by atoms with Crippen molar-refractivity contribution in [1.29, 1.82) is 0 Å². The van der Waals surface area contributed by atoms with Gasteiger partial charge in [-0.3, -0.25) is 9.69 Å². The molecule has 26 heavy (non-hydrogen) atoms. The quantitative estimate of drug-likeness (QED) is 0.708. The molecule has 0 radical (unpaired) electrons. The maximum absolute atomic E-state index is 13.0. The second-order valence-corrected chi connectivity index (χ2v) is 7.65. The van der Waals surface area contributed by atoms with Crippen LogP contribution in [0.5, 0.6) is 0 Å². The molecule has 1 saturated heterocycles. The zero-order valence-corrected chi connectivity index (χ0v) is 15.2. The summed E-state index contributed by atoms with van der Waals surface area (Å²) >= 11 is 1.74. The Hall–Kier alpha value is -2.31. The van der Waals surface area contributed by atoms with Crippen molar-refractivity contribution in [3.8, 4) is 0 Å². The Balaban J connectivity index is 1.30. The van der Waals surface area contributed by atoms with Gasteiger partial charge in [0.05, 0.1) is 23.2 Å². The monoisotopic (exact) mass is 369 g/mol. The fraction of sp³-hybridized carbons (Fsp3) is 0.300. The lowest BCUT2D eigenvalue weighted by Gasteiger charge is -2.34. The minimum Gasteiger partial charge on any atom is -0.340 e. The Morgan fingerprint density at radius 2 is 1.77 bits per heavy atom. The second kappa shape index (κ2) is 7.51. The molecule has 3 aromatic rings. The summed E-state index contributed by atoms with van der Waals surface area (Å²) < 4.78 is 14.2. The lowest BCUT2D eigenvalue weighted by Crippen LogP contribution is -2.48. The number of piperazine rings is 1. The summed E-state index contributed by atoms with van der Waals surface area (Å²) in [7, 11) is 0. The zero-order valence-electron chi connectivity index (χ0n) is 14.4. The lowest BCUT2D eigenvalue weighted by molar-refractivity contribution is -0.132. The van der Waals surface area contributed by atoms with E-state index in [2.05, 4.69) is 16.0 Å². The van der Waals surface area contributed by atoms with Crippen molar-refractivity contribution in [3.05, 3.63) is 64.9 Å². The summed E-state index contributed by atoms with van der Waals surface area (Å²) in [6, 6.07) is 14.3. The van der Waals surface area contributed by atoms with Gasteiger partial charge in [0.15, 0.2) is 0 Å². The largest absolute Gasteiger partial charge is 0.340 e. The molecule has 0 atom stereocenters. The zero-order chi connectivity index (χ0) is 17.9. The van der Waals surface area contributed by atoms with Crippen LogP contribution >= 0.6 is 11.3 Å². The molecule has 0 N–H and O–H groups in total. The highest BCUT2D eigenvalue weighted by atomic mass is 32.1. The van der Waals surface area contributed by atoms with Crippen molar-refractivity contribution in [3.63, 3.8) is 0 Å². The number of fused-ring (bicyclic) bond motifs is 1.